The van der Waals surface area contributed by atoms with Crippen molar-refractivity contribution in [3.05, 3.63) is 72.1 Å². The maximum Gasteiger partial charge on any atom is 0.374 e. The first kappa shape index (κ1) is 17.5. The van der Waals surface area contributed by atoms with E-state index < -0.39 is 18.5 Å². The van der Waals surface area contributed by atoms with Crippen LogP contribution in [0.4, 0.5) is 4.39 Å². The molecule has 0 fully saturated rings. The summed E-state index contributed by atoms with van der Waals surface area (Å²) in [5.41, 5.74) is 0.621. The van der Waals surface area contributed by atoms with Gasteiger partial charge in [0.2, 0.25) is 5.76 Å². The Morgan fingerprint density at radius 3 is 2.62 bits per heavy atom. The lowest BCUT2D eigenvalue weighted by molar-refractivity contribution is -0.125. The predicted octanol–water partition coefficient (Wildman–Crippen LogP) is 3.71. The minimum atomic E-state index is -0.765. The van der Waals surface area contributed by atoms with Crippen LogP contribution in [-0.4, -0.2) is 18.5 Å². The third kappa shape index (κ3) is 4.18. The number of rotatable bonds is 6. The molecule has 0 unspecified atom stereocenters. The van der Waals surface area contributed by atoms with Gasteiger partial charge in [0.1, 0.15) is 17.3 Å². The third-order valence-corrected chi connectivity index (χ3v) is 3.62. The number of carbonyl (C=O) groups excluding carboxylic acids is 2. The van der Waals surface area contributed by atoms with Crippen molar-refractivity contribution in [1.82, 2.24) is 5.32 Å². The zero-order valence-corrected chi connectivity index (χ0v) is 13.9. The van der Waals surface area contributed by atoms with Crippen molar-refractivity contribution in [2.45, 2.75) is 13.0 Å². The van der Waals surface area contributed by atoms with E-state index in [0.717, 1.165) is 0 Å². The van der Waals surface area contributed by atoms with Crippen LogP contribution in [0, 0.1) is 5.82 Å². The van der Waals surface area contributed by atoms with E-state index in [-0.39, 0.29) is 17.6 Å². The number of furan rings is 2. The minimum absolute atomic E-state index is 0.0452. The topological polar surface area (TPSA) is 81.7 Å². The molecule has 0 aliphatic heterocycles. The summed E-state index contributed by atoms with van der Waals surface area (Å²) >= 11 is 0. The summed E-state index contributed by atoms with van der Waals surface area (Å²) in [7, 11) is 0. The normalized spacial score (nSPS) is 11.8. The smallest absolute Gasteiger partial charge is 0.374 e. The zero-order chi connectivity index (χ0) is 18.5. The van der Waals surface area contributed by atoms with Crippen LogP contribution in [-0.2, 0) is 9.53 Å². The molecule has 0 aliphatic carbocycles. The highest BCUT2D eigenvalue weighted by atomic mass is 19.1. The summed E-state index contributed by atoms with van der Waals surface area (Å²) in [5.74, 6) is -0.648. The molecule has 26 heavy (non-hydrogen) atoms. The fourth-order valence-corrected chi connectivity index (χ4v) is 2.31. The van der Waals surface area contributed by atoms with Crippen molar-refractivity contribution < 1.29 is 27.6 Å². The average molecular weight is 357 g/mol. The molecular weight excluding hydrogens is 341 g/mol. The lowest BCUT2D eigenvalue weighted by Crippen LogP contribution is -2.30. The number of ether oxygens (including phenoxy) is 1. The molecule has 0 bridgehead atoms. The largest absolute Gasteiger partial charge is 0.467 e. The van der Waals surface area contributed by atoms with Crippen molar-refractivity contribution in [2.75, 3.05) is 6.61 Å². The second-order valence-corrected chi connectivity index (χ2v) is 5.55. The summed E-state index contributed by atoms with van der Waals surface area (Å²) in [5, 5.41) is 2.65. The fourth-order valence-electron chi connectivity index (χ4n) is 2.31. The Kier molecular flexibility index (Phi) is 5.17. The van der Waals surface area contributed by atoms with Gasteiger partial charge in [0, 0.05) is 5.56 Å². The lowest BCUT2D eigenvalue weighted by Gasteiger charge is -2.11. The predicted molar refractivity (Wildman–Crippen MR) is 89.7 cm³/mol. The molecule has 1 aromatic carbocycles. The molecule has 7 heteroatoms. The van der Waals surface area contributed by atoms with E-state index in [1.807, 2.05) is 0 Å². The number of halogens is 1. The first-order chi connectivity index (χ1) is 12.5. The van der Waals surface area contributed by atoms with Gasteiger partial charge in [-0.15, -0.1) is 0 Å². The molecule has 134 valence electrons. The van der Waals surface area contributed by atoms with E-state index in [4.69, 9.17) is 13.6 Å². The standard InChI is InChI=1S/C19H16FNO5/c1-12(15-3-2-10-24-15)21-18(22)11-25-19(23)17-9-8-16(26-17)13-4-6-14(20)7-5-13/h2-10,12H,11H2,1H3,(H,21,22)/t12-/m1/s1. The Morgan fingerprint density at radius 2 is 1.92 bits per heavy atom. The van der Waals surface area contributed by atoms with Crippen LogP contribution in [0.3, 0.4) is 0 Å². The Labute approximate surface area is 148 Å². The Morgan fingerprint density at radius 1 is 1.15 bits per heavy atom. The van der Waals surface area contributed by atoms with Crippen molar-refractivity contribution >= 4 is 11.9 Å². The van der Waals surface area contributed by atoms with E-state index in [2.05, 4.69) is 5.32 Å². The van der Waals surface area contributed by atoms with Crippen LogP contribution in [0.2, 0.25) is 0 Å². The van der Waals surface area contributed by atoms with Crippen LogP contribution >= 0.6 is 0 Å². The van der Waals surface area contributed by atoms with E-state index >= 15 is 0 Å². The molecule has 3 rings (SSSR count). The molecule has 1 N–H and O–H groups in total. The second-order valence-electron chi connectivity index (χ2n) is 5.55. The number of hydrogen-bond acceptors (Lipinski definition) is 5. The molecular formula is C19H16FNO5. The molecule has 2 heterocycles. The van der Waals surface area contributed by atoms with Gasteiger partial charge < -0.3 is 18.9 Å². The number of amides is 1. The number of esters is 1. The highest BCUT2D eigenvalue weighted by Crippen LogP contribution is 2.22. The van der Waals surface area contributed by atoms with E-state index in [0.29, 0.717) is 17.1 Å². The summed E-state index contributed by atoms with van der Waals surface area (Å²) in [6.45, 7) is 1.30. The number of carbonyl (C=O) groups is 2. The van der Waals surface area contributed by atoms with Crippen LogP contribution in [0.1, 0.15) is 29.3 Å². The highest BCUT2D eigenvalue weighted by Gasteiger charge is 2.17. The molecule has 6 nitrogen and oxygen atoms in total. The zero-order valence-electron chi connectivity index (χ0n) is 13.9. The molecule has 0 spiro atoms. The van der Waals surface area contributed by atoms with Crippen molar-refractivity contribution in [3.8, 4) is 11.3 Å². The Bertz CT molecular complexity index is 883. The summed E-state index contributed by atoms with van der Waals surface area (Å²) in [4.78, 5) is 23.8. The summed E-state index contributed by atoms with van der Waals surface area (Å²) in [6, 6.07) is 11.8. The van der Waals surface area contributed by atoms with Gasteiger partial charge in [-0.3, -0.25) is 4.79 Å². The van der Waals surface area contributed by atoms with E-state index in [1.54, 1.807) is 25.1 Å². The molecule has 1 atom stereocenters. The molecule has 0 saturated carbocycles. The van der Waals surface area contributed by atoms with Gasteiger partial charge in [-0.1, -0.05) is 0 Å². The monoisotopic (exact) mass is 357 g/mol. The van der Waals surface area contributed by atoms with Gasteiger partial charge in [-0.25, -0.2) is 9.18 Å². The number of nitrogens with one attached hydrogen (secondary N) is 1. The summed E-state index contributed by atoms with van der Waals surface area (Å²) < 4.78 is 28.5. The maximum atomic E-state index is 12.9. The van der Waals surface area contributed by atoms with Gasteiger partial charge in [0.05, 0.1) is 12.3 Å². The average Bonchev–Trinajstić information content (AvgIpc) is 3.32. The maximum absolute atomic E-state index is 12.9. The molecule has 1 amide bonds. The van der Waals surface area contributed by atoms with Crippen LogP contribution in [0.25, 0.3) is 11.3 Å². The molecule has 0 saturated heterocycles. The van der Waals surface area contributed by atoms with Gasteiger partial charge in [-0.2, -0.15) is 0 Å². The van der Waals surface area contributed by atoms with E-state index in [9.17, 15) is 14.0 Å². The van der Waals surface area contributed by atoms with Crippen molar-refractivity contribution in [2.24, 2.45) is 0 Å². The van der Waals surface area contributed by atoms with Crippen LogP contribution in [0.5, 0.6) is 0 Å². The minimum Gasteiger partial charge on any atom is -0.467 e. The lowest BCUT2D eigenvalue weighted by atomic mass is 10.2. The van der Waals surface area contributed by atoms with Crippen molar-refractivity contribution in [3.63, 3.8) is 0 Å². The van der Waals surface area contributed by atoms with Gasteiger partial charge in [-0.05, 0) is 55.5 Å². The van der Waals surface area contributed by atoms with Crippen LogP contribution < -0.4 is 5.32 Å². The van der Waals surface area contributed by atoms with Gasteiger partial charge >= 0.3 is 5.97 Å². The molecule has 0 radical (unpaired) electrons. The van der Waals surface area contributed by atoms with Crippen LogP contribution in [0.15, 0.2) is 63.6 Å². The number of hydrogen-bond donors (Lipinski definition) is 1. The third-order valence-electron chi connectivity index (χ3n) is 3.62. The Balaban J connectivity index is 1.53. The van der Waals surface area contributed by atoms with Gasteiger partial charge in [0.25, 0.3) is 5.91 Å². The quantitative estimate of drug-likeness (QED) is 0.680. The summed E-state index contributed by atoms with van der Waals surface area (Å²) in [6.07, 6.45) is 1.51. The van der Waals surface area contributed by atoms with Crippen molar-refractivity contribution in [1.29, 1.82) is 0 Å². The molecule has 2 aromatic heterocycles. The number of benzene rings is 1. The molecule has 3 aromatic rings. The first-order valence-corrected chi connectivity index (χ1v) is 7.88. The van der Waals surface area contributed by atoms with E-state index in [1.165, 1.54) is 36.6 Å². The second kappa shape index (κ2) is 7.69. The molecule has 0 aliphatic rings. The van der Waals surface area contributed by atoms with Gasteiger partial charge in [0.15, 0.2) is 6.61 Å². The first-order valence-electron chi connectivity index (χ1n) is 7.88. The Hall–Kier alpha value is -3.35. The fraction of sp³-hybridized carbons (Fsp3) is 0.158. The SMILES string of the molecule is C[C@@H](NC(=O)COC(=O)c1ccc(-c2ccc(F)cc2)o1)c1ccco1. The highest BCUT2D eigenvalue weighted by molar-refractivity contribution is 5.89.